The van der Waals surface area contributed by atoms with E-state index >= 15 is 0 Å². The Morgan fingerprint density at radius 3 is 2.73 bits per heavy atom. The number of pyridine rings is 2. The molecule has 1 aromatic carbocycles. The molecule has 2 N–H and O–H groups in total. The number of hydrogen-bond acceptors (Lipinski definition) is 6. The standard InChI is InChI=1S/C25H24N6O2/c1-30-9-7-19-18(6-8-26-24(19)30)17-3-4-21(23-20(17)15-28-25(23)32)29-22-5-2-16(14-27-22)31-10-12-33-13-11-31/h2-9,14H,10-13,15H2,1H3,(H,27,29)(H,28,32). The Labute approximate surface area is 191 Å². The van der Waals surface area contributed by atoms with Crippen molar-refractivity contribution in [2.45, 2.75) is 6.54 Å². The molecule has 1 saturated heterocycles. The molecule has 8 heteroatoms. The summed E-state index contributed by atoms with van der Waals surface area (Å²) in [7, 11) is 1.99. The molecular formula is C25H24N6O2. The number of aromatic nitrogens is 3. The van der Waals surface area contributed by atoms with Gasteiger partial charge < -0.3 is 24.8 Å². The van der Waals surface area contributed by atoms with Gasteiger partial charge in [0, 0.05) is 44.5 Å². The lowest BCUT2D eigenvalue weighted by molar-refractivity contribution is 0.0966. The van der Waals surface area contributed by atoms with Crippen LogP contribution in [0.15, 0.2) is 55.0 Å². The van der Waals surface area contributed by atoms with Crippen LogP contribution in [0.4, 0.5) is 17.2 Å². The first-order valence-corrected chi connectivity index (χ1v) is 11.1. The van der Waals surface area contributed by atoms with Gasteiger partial charge >= 0.3 is 0 Å². The van der Waals surface area contributed by atoms with Gasteiger partial charge in [-0.25, -0.2) is 9.97 Å². The summed E-state index contributed by atoms with van der Waals surface area (Å²) in [5.74, 6) is 0.633. The van der Waals surface area contributed by atoms with Gasteiger partial charge in [-0.15, -0.1) is 0 Å². The first-order valence-electron chi connectivity index (χ1n) is 11.1. The molecule has 1 amide bonds. The maximum Gasteiger partial charge on any atom is 0.254 e. The number of anilines is 3. The molecule has 0 spiro atoms. The average molecular weight is 441 g/mol. The van der Waals surface area contributed by atoms with Gasteiger partial charge in [-0.1, -0.05) is 6.07 Å². The van der Waals surface area contributed by atoms with E-state index in [2.05, 4.69) is 43.7 Å². The second-order valence-electron chi connectivity index (χ2n) is 8.35. The van der Waals surface area contributed by atoms with E-state index < -0.39 is 0 Å². The lowest BCUT2D eigenvalue weighted by atomic mass is 9.94. The maximum atomic E-state index is 12.8. The fourth-order valence-electron chi connectivity index (χ4n) is 4.71. The van der Waals surface area contributed by atoms with Crippen LogP contribution < -0.4 is 15.5 Å². The third-order valence-electron chi connectivity index (χ3n) is 6.41. The van der Waals surface area contributed by atoms with Crippen LogP contribution in [0.1, 0.15) is 15.9 Å². The number of carbonyl (C=O) groups is 1. The summed E-state index contributed by atoms with van der Waals surface area (Å²) in [5, 5.41) is 7.41. The largest absolute Gasteiger partial charge is 0.378 e. The highest BCUT2D eigenvalue weighted by atomic mass is 16.5. The summed E-state index contributed by atoms with van der Waals surface area (Å²) < 4.78 is 7.43. The smallest absolute Gasteiger partial charge is 0.254 e. The van der Waals surface area contributed by atoms with Crippen LogP contribution >= 0.6 is 0 Å². The minimum atomic E-state index is -0.0716. The number of fused-ring (bicyclic) bond motifs is 2. The van der Waals surface area contributed by atoms with E-state index in [0.717, 1.165) is 65.4 Å². The van der Waals surface area contributed by atoms with Gasteiger partial charge in [0.25, 0.3) is 5.91 Å². The molecule has 0 atom stereocenters. The molecule has 3 aromatic heterocycles. The van der Waals surface area contributed by atoms with Crippen molar-refractivity contribution in [3.05, 3.63) is 66.1 Å². The molecule has 2 aliphatic rings. The molecule has 0 saturated carbocycles. The summed E-state index contributed by atoms with van der Waals surface area (Å²) in [6.07, 6.45) is 5.69. The predicted molar refractivity (Wildman–Crippen MR) is 128 cm³/mol. The number of amides is 1. The molecule has 5 heterocycles. The summed E-state index contributed by atoms with van der Waals surface area (Å²) in [6, 6.07) is 12.1. The maximum absolute atomic E-state index is 12.8. The molecule has 8 nitrogen and oxygen atoms in total. The fraction of sp³-hybridized carbons (Fsp3) is 0.240. The van der Waals surface area contributed by atoms with Gasteiger partial charge in [0.05, 0.1) is 36.3 Å². The van der Waals surface area contributed by atoms with Gasteiger partial charge in [-0.2, -0.15) is 0 Å². The number of hydrogen-bond donors (Lipinski definition) is 2. The average Bonchev–Trinajstić information content (AvgIpc) is 3.44. The number of nitrogens with zero attached hydrogens (tertiary/aromatic N) is 4. The normalized spacial score (nSPS) is 15.5. The zero-order chi connectivity index (χ0) is 22.4. The highest BCUT2D eigenvalue weighted by Crippen LogP contribution is 2.37. The highest BCUT2D eigenvalue weighted by molar-refractivity contribution is 6.07. The Hall–Kier alpha value is -3.91. The van der Waals surface area contributed by atoms with Crippen molar-refractivity contribution in [2.24, 2.45) is 7.05 Å². The quantitative estimate of drug-likeness (QED) is 0.506. The summed E-state index contributed by atoms with van der Waals surface area (Å²) in [6.45, 7) is 3.71. The minimum Gasteiger partial charge on any atom is -0.378 e. The zero-order valence-electron chi connectivity index (χ0n) is 18.3. The lowest BCUT2D eigenvalue weighted by Crippen LogP contribution is -2.36. The summed E-state index contributed by atoms with van der Waals surface area (Å²) >= 11 is 0. The molecule has 0 unspecified atom stereocenters. The number of benzene rings is 1. The van der Waals surface area contributed by atoms with Gasteiger partial charge in [-0.05, 0) is 47.0 Å². The summed E-state index contributed by atoms with van der Waals surface area (Å²) in [4.78, 5) is 24.1. The third kappa shape index (κ3) is 3.39. The topological polar surface area (TPSA) is 84.3 Å². The zero-order valence-corrected chi connectivity index (χ0v) is 18.3. The first-order chi connectivity index (χ1) is 16.2. The third-order valence-corrected chi connectivity index (χ3v) is 6.41. The SMILES string of the molecule is Cn1ccc2c(-c3ccc(Nc4ccc(N5CCOCC5)cn4)c4c3CNC4=O)ccnc21. The van der Waals surface area contributed by atoms with Crippen LogP contribution in [0.25, 0.3) is 22.2 Å². The molecule has 0 bridgehead atoms. The van der Waals surface area contributed by atoms with Crippen LogP contribution in [0.2, 0.25) is 0 Å². The lowest BCUT2D eigenvalue weighted by Gasteiger charge is -2.28. The van der Waals surface area contributed by atoms with E-state index in [-0.39, 0.29) is 5.91 Å². The van der Waals surface area contributed by atoms with Crippen LogP contribution in [0, 0.1) is 0 Å². The molecule has 0 aliphatic carbocycles. The van der Waals surface area contributed by atoms with Crippen molar-refractivity contribution in [1.82, 2.24) is 19.9 Å². The Balaban J connectivity index is 1.35. The molecular weight excluding hydrogens is 416 g/mol. The van der Waals surface area contributed by atoms with Crippen LogP contribution in [-0.2, 0) is 18.3 Å². The molecule has 2 aliphatic heterocycles. The first kappa shape index (κ1) is 19.8. The number of ether oxygens (including phenoxy) is 1. The van der Waals surface area contributed by atoms with E-state index in [9.17, 15) is 4.79 Å². The van der Waals surface area contributed by atoms with Crippen molar-refractivity contribution >= 4 is 34.1 Å². The number of nitrogens with one attached hydrogen (secondary N) is 2. The monoisotopic (exact) mass is 440 g/mol. The van der Waals surface area contributed by atoms with E-state index in [4.69, 9.17) is 4.74 Å². The van der Waals surface area contributed by atoms with Crippen molar-refractivity contribution in [3.8, 4) is 11.1 Å². The van der Waals surface area contributed by atoms with Crippen molar-refractivity contribution in [3.63, 3.8) is 0 Å². The van der Waals surface area contributed by atoms with Gasteiger partial charge in [0.2, 0.25) is 0 Å². The number of carbonyl (C=O) groups excluding carboxylic acids is 1. The van der Waals surface area contributed by atoms with Gasteiger partial charge in [0.15, 0.2) is 0 Å². The second kappa shape index (κ2) is 7.90. The number of rotatable bonds is 4. The fourth-order valence-corrected chi connectivity index (χ4v) is 4.71. The molecule has 0 radical (unpaired) electrons. The molecule has 33 heavy (non-hydrogen) atoms. The van der Waals surface area contributed by atoms with Crippen molar-refractivity contribution < 1.29 is 9.53 Å². The van der Waals surface area contributed by atoms with Crippen LogP contribution in [0.3, 0.4) is 0 Å². The van der Waals surface area contributed by atoms with Crippen molar-refractivity contribution in [1.29, 1.82) is 0 Å². The van der Waals surface area contributed by atoms with Gasteiger partial charge in [-0.3, -0.25) is 4.79 Å². The van der Waals surface area contributed by atoms with E-state index in [1.165, 1.54) is 0 Å². The van der Waals surface area contributed by atoms with Gasteiger partial charge in [0.1, 0.15) is 11.5 Å². The van der Waals surface area contributed by atoms with Crippen molar-refractivity contribution in [2.75, 3.05) is 36.5 Å². The predicted octanol–water partition coefficient (Wildman–Crippen LogP) is 3.46. The highest BCUT2D eigenvalue weighted by Gasteiger charge is 2.27. The number of aryl methyl sites for hydroxylation is 1. The van der Waals surface area contributed by atoms with E-state index in [1.807, 2.05) is 48.4 Å². The molecule has 6 rings (SSSR count). The Morgan fingerprint density at radius 1 is 1.03 bits per heavy atom. The van der Waals surface area contributed by atoms with Crippen LogP contribution in [-0.4, -0.2) is 46.7 Å². The van der Waals surface area contributed by atoms with Crippen LogP contribution in [0.5, 0.6) is 0 Å². The minimum absolute atomic E-state index is 0.0716. The molecule has 4 aromatic rings. The summed E-state index contributed by atoms with van der Waals surface area (Å²) in [5.41, 5.74) is 6.54. The molecule has 166 valence electrons. The Kier molecular flexibility index (Phi) is 4.73. The molecule has 1 fully saturated rings. The van der Waals surface area contributed by atoms with E-state index in [0.29, 0.717) is 17.9 Å². The second-order valence-corrected chi connectivity index (χ2v) is 8.35. The van der Waals surface area contributed by atoms with E-state index in [1.54, 1.807) is 0 Å². The number of morpholine rings is 1. The Bertz CT molecular complexity index is 1360. The Morgan fingerprint density at radius 2 is 1.91 bits per heavy atom.